The first-order valence-corrected chi connectivity index (χ1v) is 7.53. The molecule has 1 atom stereocenters. The molecule has 0 aliphatic heterocycles. The van der Waals surface area contributed by atoms with Crippen molar-refractivity contribution in [2.75, 3.05) is 6.61 Å². The van der Waals surface area contributed by atoms with Crippen LogP contribution in [-0.2, 0) is 6.54 Å². The number of aromatic nitrogens is 1. The third-order valence-corrected chi connectivity index (χ3v) is 3.76. The Kier molecular flexibility index (Phi) is 5.48. The second-order valence-electron chi connectivity index (χ2n) is 5.74. The number of aliphatic hydroxyl groups is 1. The fraction of sp³-hybridized carbons (Fsp3) is 0.389. The predicted octanol–water partition coefficient (Wildman–Crippen LogP) is 3.39. The zero-order valence-corrected chi connectivity index (χ0v) is 12.8. The minimum absolute atomic E-state index is 0.154. The maximum absolute atomic E-state index is 9.55. The van der Waals surface area contributed by atoms with E-state index in [9.17, 15) is 5.11 Å². The first-order chi connectivity index (χ1) is 10.2. The van der Waals surface area contributed by atoms with Gasteiger partial charge in [0.1, 0.15) is 0 Å². The first-order valence-electron chi connectivity index (χ1n) is 7.53. The molecule has 0 amide bonds. The molecule has 3 nitrogen and oxygen atoms in total. The van der Waals surface area contributed by atoms with Crippen LogP contribution < -0.4 is 5.32 Å². The Bertz CT molecular complexity index is 556. The molecule has 2 aromatic rings. The summed E-state index contributed by atoms with van der Waals surface area (Å²) in [4.78, 5) is 4.38. The molecule has 1 heterocycles. The minimum Gasteiger partial charge on any atom is -0.394 e. The molecule has 1 aromatic heterocycles. The quantitative estimate of drug-likeness (QED) is 0.819. The second-order valence-corrected chi connectivity index (χ2v) is 5.74. The Morgan fingerprint density at radius 2 is 2.05 bits per heavy atom. The van der Waals surface area contributed by atoms with E-state index in [2.05, 4.69) is 48.4 Å². The molecule has 1 aromatic carbocycles. The van der Waals surface area contributed by atoms with Gasteiger partial charge < -0.3 is 10.4 Å². The lowest BCUT2D eigenvalue weighted by Crippen LogP contribution is -2.45. The van der Waals surface area contributed by atoms with Crippen LogP contribution in [0.2, 0.25) is 0 Å². The molecule has 1 unspecified atom stereocenters. The lowest BCUT2D eigenvalue weighted by Gasteiger charge is -2.28. The summed E-state index contributed by atoms with van der Waals surface area (Å²) in [6.45, 7) is 5.11. The van der Waals surface area contributed by atoms with E-state index in [0.29, 0.717) is 0 Å². The van der Waals surface area contributed by atoms with Crippen molar-refractivity contribution < 1.29 is 5.11 Å². The Balaban J connectivity index is 2.08. The zero-order chi connectivity index (χ0) is 15.1. The summed E-state index contributed by atoms with van der Waals surface area (Å²) in [5.41, 5.74) is 3.10. The number of hydrogen-bond donors (Lipinski definition) is 2. The van der Waals surface area contributed by atoms with Gasteiger partial charge in [0, 0.05) is 23.8 Å². The number of aliphatic hydroxyl groups excluding tert-OH is 1. The van der Waals surface area contributed by atoms with E-state index in [1.807, 2.05) is 24.4 Å². The zero-order valence-electron chi connectivity index (χ0n) is 12.8. The van der Waals surface area contributed by atoms with Gasteiger partial charge in [-0.05, 0) is 37.1 Å². The number of nitrogens with one attached hydrogen (secondary N) is 1. The summed E-state index contributed by atoms with van der Waals surface area (Å²) in [6, 6.07) is 14.3. The van der Waals surface area contributed by atoms with Crippen LogP contribution in [0.3, 0.4) is 0 Å². The first kappa shape index (κ1) is 15.7. The van der Waals surface area contributed by atoms with Gasteiger partial charge in [0.2, 0.25) is 0 Å². The van der Waals surface area contributed by atoms with Gasteiger partial charge in [0.25, 0.3) is 0 Å². The molecule has 0 saturated heterocycles. The van der Waals surface area contributed by atoms with Crippen LogP contribution in [0.4, 0.5) is 0 Å². The van der Waals surface area contributed by atoms with Crippen molar-refractivity contribution in [3.63, 3.8) is 0 Å². The average molecular weight is 284 g/mol. The van der Waals surface area contributed by atoms with Crippen LogP contribution in [0.15, 0.2) is 48.7 Å². The number of hydrogen-bond acceptors (Lipinski definition) is 3. The highest BCUT2D eigenvalue weighted by molar-refractivity contribution is 5.59. The molecule has 3 heteroatoms. The second kappa shape index (κ2) is 7.34. The highest BCUT2D eigenvalue weighted by Crippen LogP contribution is 2.19. The summed E-state index contributed by atoms with van der Waals surface area (Å²) < 4.78 is 0. The van der Waals surface area contributed by atoms with E-state index in [1.54, 1.807) is 0 Å². The van der Waals surface area contributed by atoms with Gasteiger partial charge in [-0.2, -0.15) is 0 Å². The Hall–Kier alpha value is -1.71. The van der Waals surface area contributed by atoms with Crippen molar-refractivity contribution in [1.82, 2.24) is 10.3 Å². The molecule has 0 aliphatic rings. The molecule has 0 saturated carbocycles. The number of pyridine rings is 1. The van der Waals surface area contributed by atoms with Crippen LogP contribution in [0.5, 0.6) is 0 Å². The fourth-order valence-corrected chi connectivity index (χ4v) is 2.46. The maximum atomic E-state index is 9.55. The number of benzene rings is 1. The highest BCUT2D eigenvalue weighted by Gasteiger charge is 2.21. The molecule has 112 valence electrons. The largest absolute Gasteiger partial charge is 0.394 e. The van der Waals surface area contributed by atoms with Gasteiger partial charge in [0.05, 0.1) is 12.3 Å². The molecule has 2 rings (SSSR count). The van der Waals surface area contributed by atoms with Crippen LogP contribution >= 0.6 is 0 Å². The van der Waals surface area contributed by atoms with E-state index in [1.165, 1.54) is 5.56 Å². The Morgan fingerprint density at radius 3 is 2.71 bits per heavy atom. The van der Waals surface area contributed by atoms with Gasteiger partial charge in [-0.3, -0.25) is 4.98 Å². The highest BCUT2D eigenvalue weighted by atomic mass is 16.3. The Morgan fingerprint density at radius 1 is 1.19 bits per heavy atom. The molecule has 0 spiro atoms. The van der Waals surface area contributed by atoms with E-state index in [4.69, 9.17) is 0 Å². The summed E-state index contributed by atoms with van der Waals surface area (Å²) >= 11 is 0. The van der Waals surface area contributed by atoms with Crippen molar-refractivity contribution in [2.24, 2.45) is 0 Å². The molecular weight excluding hydrogens is 260 g/mol. The summed E-state index contributed by atoms with van der Waals surface area (Å²) in [5.74, 6) is 0. The van der Waals surface area contributed by atoms with Crippen LogP contribution in [0, 0.1) is 0 Å². The van der Waals surface area contributed by atoms with Crippen molar-refractivity contribution in [1.29, 1.82) is 0 Å². The van der Waals surface area contributed by atoms with Gasteiger partial charge in [0.15, 0.2) is 0 Å². The van der Waals surface area contributed by atoms with Crippen molar-refractivity contribution in [3.8, 4) is 11.3 Å². The SMILES string of the molecule is CCCC(C)(CO)NCc1cccc(-c2ccccn2)c1. The number of rotatable bonds is 7. The molecule has 0 fully saturated rings. The van der Waals surface area contributed by atoms with E-state index >= 15 is 0 Å². The fourth-order valence-electron chi connectivity index (χ4n) is 2.46. The van der Waals surface area contributed by atoms with Crippen LogP contribution in [-0.4, -0.2) is 22.2 Å². The van der Waals surface area contributed by atoms with Gasteiger partial charge >= 0.3 is 0 Å². The van der Waals surface area contributed by atoms with E-state index < -0.39 is 0 Å². The van der Waals surface area contributed by atoms with E-state index in [-0.39, 0.29) is 12.1 Å². The van der Waals surface area contributed by atoms with Gasteiger partial charge in [-0.1, -0.05) is 37.6 Å². The normalized spacial score (nSPS) is 13.9. The van der Waals surface area contributed by atoms with Crippen LogP contribution in [0.25, 0.3) is 11.3 Å². The summed E-state index contributed by atoms with van der Waals surface area (Å²) in [7, 11) is 0. The van der Waals surface area contributed by atoms with Gasteiger partial charge in [-0.15, -0.1) is 0 Å². The third-order valence-electron chi connectivity index (χ3n) is 3.76. The smallest absolute Gasteiger partial charge is 0.0702 e. The van der Waals surface area contributed by atoms with Crippen molar-refractivity contribution >= 4 is 0 Å². The molecular formula is C18H24N2O. The summed E-state index contributed by atoms with van der Waals surface area (Å²) in [6.07, 6.45) is 3.83. The van der Waals surface area contributed by atoms with Gasteiger partial charge in [-0.25, -0.2) is 0 Å². The molecule has 0 bridgehead atoms. The topological polar surface area (TPSA) is 45.1 Å². The van der Waals surface area contributed by atoms with Crippen molar-refractivity contribution in [2.45, 2.75) is 38.8 Å². The molecule has 0 radical (unpaired) electrons. The monoisotopic (exact) mass is 284 g/mol. The summed E-state index contributed by atoms with van der Waals surface area (Å²) in [5, 5.41) is 13.0. The number of nitrogens with zero attached hydrogens (tertiary/aromatic N) is 1. The standard InChI is InChI=1S/C18H24N2O/c1-3-10-18(2,14-21)20-13-15-7-6-8-16(12-15)17-9-4-5-11-19-17/h4-9,11-12,20-21H,3,10,13-14H2,1-2H3. The lowest BCUT2D eigenvalue weighted by molar-refractivity contribution is 0.163. The molecule has 0 aliphatic carbocycles. The predicted molar refractivity (Wildman–Crippen MR) is 86.9 cm³/mol. The average Bonchev–Trinajstić information content (AvgIpc) is 2.54. The molecule has 2 N–H and O–H groups in total. The van der Waals surface area contributed by atoms with Crippen LogP contribution in [0.1, 0.15) is 32.3 Å². The molecule has 21 heavy (non-hydrogen) atoms. The lowest BCUT2D eigenvalue weighted by atomic mass is 9.96. The van der Waals surface area contributed by atoms with E-state index in [0.717, 1.165) is 30.6 Å². The third kappa shape index (κ3) is 4.38. The minimum atomic E-state index is -0.213. The maximum Gasteiger partial charge on any atom is 0.0702 e. The Labute approximate surface area is 127 Å². The van der Waals surface area contributed by atoms with Crippen molar-refractivity contribution in [3.05, 3.63) is 54.2 Å².